The lowest BCUT2D eigenvalue weighted by Gasteiger charge is -2.23. The second-order valence-corrected chi connectivity index (χ2v) is 7.74. The van der Waals surface area contributed by atoms with Gasteiger partial charge in [-0.15, -0.1) is 0 Å². The molecule has 1 unspecified atom stereocenters. The van der Waals surface area contributed by atoms with Gasteiger partial charge in [-0.3, -0.25) is 0 Å². The van der Waals surface area contributed by atoms with Gasteiger partial charge in [0.25, 0.3) is 0 Å². The zero-order chi connectivity index (χ0) is 14.6. The number of hydrogen-bond donors (Lipinski definition) is 2. The van der Waals surface area contributed by atoms with Crippen LogP contribution in [0.1, 0.15) is 45.9 Å². The van der Waals surface area contributed by atoms with E-state index in [0.717, 1.165) is 29.3 Å². The average molecular weight is 294 g/mol. The van der Waals surface area contributed by atoms with Crippen LogP contribution < -0.4 is 10.6 Å². The van der Waals surface area contributed by atoms with Crippen molar-refractivity contribution in [3.8, 4) is 0 Å². The summed E-state index contributed by atoms with van der Waals surface area (Å²) in [5.41, 5.74) is -0.0388. The predicted octanol–water partition coefficient (Wildman–Crippen LogP) is 3.51. The quantitative estimate of drug-likeness (QED) is 0.890. The summed E-state index contributed by atoms with van der Waals surface area (Å²) in [5, 5.41) is 7.33. The highest BCUT2D eigenvalue weighted by Crippen LogP contribution is 2.26. The molecule has 5 heteroatoms. The SMILES string of the molecule is CNc1cc(NCC2CCCCS2)nc(C(C)(C)C)n1. The molecule has 0 aliphatic carbocycles. The number of nitrogens with one attached hydrogen (secondary N) is 2. The molecule has 2 N–H and O–H groups in total. The number of aromatic nitrogens is 2. The van der Waals surface area contributed by atoms with E-state index in [-0.39, 0.29) is 5.41 Å². The van der Waals surface area contributed by atoms with Crippen molar-refractivity contribution in [3.05, 3.63) is 11.9 Å². The Labute approximate surface area is 126 Å². The van der Waals surface area contributed by atoms with Gasteiger partial charge in [0, 0.05) is 30.3 Å². The van der Waals surface area contributed by atoms with E-state index in [1.165, 1.54) is 25.0 Å². The van der Waals surface area contributed by atoms with Crippen LogP contribution in [0.5, 0.6) is 0 Å². The Morgan fingerprint density at radius 3 is 2.60 bits per heavy atom. The van der Waals surface area contributed by atoms with Crippen LogP contribution in [0.2, 0.25) is 0 Å². The highest BCUT2D eigenvalue weighted by atomic mass is 32.2. The Bertz CT molecular complexity index is 436. The Kier molecular flexibility index (Phi) is 5.13. The molecule has 0 aromatic carbocycles. The van der Waals surface area contributed by atoms with E-state index in [2.05, 4.69) is 53.1 Å². The maximum atomic E-state index is 4.67. The molecule has 1 aromatic rings. The normalized spacial score (nSPS) is 19.7. The molecule has 0 spiro atoms. The van der Waals surface area contributed by atoms with E-state index in [9.17, 15) is 0 Å². The molecular weight excluding hydrogens is 268 g/mol. The van der Waals surface area contributed by atoms with Crippen molar-refractivity contribution >= 4 is 23.4 Å². The first-order valence-electron chi connectivity index (χ1n) is 7.42. The molecule has 20 heavy (non-hydrogen) atoms. The minimum atomic E-state index is -0.0388. The zero-order valence-corrected chi connectivity index (χ0v) is 13.8. The molecule has 0 amide bonds. The molecule has 1 aliphatic heterocycles. The summed E-state index contributed by atoms with van der Waals surface area (Å²) >= 11 is 2.08. The predicted molar refractivity (Wildman–Crippen MR) is 88.9 cm³/mol. The van der Waals surface area contributed by atoms with Crippen molar-refractivity contribution in [2.24, 2.45) is 0 Å². The fourth-order valence-electron chi connectivity index (χ4n) is 2.19. The highest BCUT2D eigenvalue weighted by molar-refractivity contribution is 7.99. The third kappa shape index (κ3) is 4.27. The van der Waals surface area contributed by atoms with Crippen molar-refractivity contribution < 1.29 is 0 Å². The zero-order valence-electron chi connectivity index (χ0n) is 13.0. The number of nitrogens with zero attached hydrogens (tertiary/aromatic N) is 2. The molecule has 1 aliphatic rings. The van der Waals surface area contributed by atoms with Crippen LogP contribution in [0.4, 0.5) is 11.6 Å². The third-order valence-corrected chi connectivity index (χ3v) is 4.84. The maximum absolute atomic E-state index is 4.67. The van der Waals surface area contributed by atoms with E-state index >= 15 is 0 Å². The van der Waals surface area contributed by atoms with E-state index in [0.29, 0.717) is 0 Å². The van der Waals surface area contributed by atoms with Gasteiger partial charge in [0.05, 0.1) is 0 Å². The fourth-order valence-corrected chi connectivity index (χ4v) is 3.43. The van der Waals surface area contributed by atoms with Crippen LogP contribution in [0.25, 0.3) is 0 Å². The number of hydrogen-bond acceptors (Lipinski definition) is 5. The van der Waals surface area contributed by atoms with Gasteiger partial charge in [-0.2, -0.15) is 11.8 Å². The Hall–Kier alpha value is -0.970. The average Bonchev–Trinajstić information content (AvgIpc) is 2.45. The number of thioether (sulfide) groups is 1. The van der Waals surface area contributed by atoms with Gasteiger partial charge in [-0.25, -0.2) is 9.97 Å². The lowest BCUT2D eigenvalue weighted by molar-refractivity contribution is 0.546. The largest absolute Gasteiger partial charge is 0.373 e. The minimum Gasteiger partial charge on any atom is -0.373 e. The van der Waals surface area contributed by atoms with E-state index in [1.807, 2.05) is 13.1 Å². The number of rotatable bonds is 4. The summed E-state index contributed by atoms with van der Waals surface area (Å²) in [6.07, 6.45) is 4.04. The smallest absolute Gasteiger partial charge is 0.138 e. The van der Waals surface area contributed by atoms with Crippen LogP contribution in [-0.4, -0.2) is 34.6 Å². The highest BCUT2D eigenvalue weighted by Gasteiger charge is 2.19. The first-order valence-corrected chi connectivity index (χ1v) is 8.46. The molecule has 0 radical (unpaired) electrons. The summed E-state index contributed by atoms with van der Waals surface area (Å²) in [6, 6.07) is 1.99. The molecule has 2 rings (SSSR count). The van der Waals surface area contributed by atoms with E-state index in [4.69, 9.17) is 0 Å². The molecule has 1 atom stereocenters. The molecule has 2 heterocycles. The van der Waals surface area contributed by atoms with Crippen molar-refractivity contribution in [1.29, 1.82) is 0 Å². The summed E-state index contributed by atoms with van der Waals surface area (Å²) in [7, 11) is 1.90. The molecule has 112 valence electrons. The van der Waals surface area contributed by atoms with Gasteiger partial charge < -0.3 is 10.6 Å². The minimum absolute atomic E-state index is 0.0388. The van der Waals surface area contributed by atoms with E-state index in [1.54, 1.807) is 0 Å². The molecule has 0 bridgehead atoms. The molecular formula is C15H26N4S. The fraction of sp³-hybridized carbons (Fsp3) is 0.733. The second kappa shape index (κ2) is 6.66. The van der Waals surface area contributed by atoms with Crippen LogP contribution in [0.3, 0.4) is 0 Å². The third-order valence-electron chi connectivity index (χ3n) is 3.44. The van der Waals surface area contributed by atoms with Gasteiger partial charge in [-0.1, -0.05) is 27.2 Å². The van der Waals surface area contributed by atoms with E-state index < -0.39 is 0 Å². The Morgan fingerprint density at radius 2 is 2.00 bits per heavy atom. The maximum Gasteiger partial charge on any atom is 0.138 e. The summed E-state index contributed by atoms with van der Waals surface area (Å²) < 4.78 is 0. The number of anilines is 2. The topological polar surface area (TPSA) is 49.8 Å². The molecule has 1 saturated heterocycles. The van der Waals surface area contributed by atoms with Gasteiger partial charge in [-0.05, 0) is 18.6 Å². The van der Waals surface area contributed by atoms with Crippen molar-refractivity contribution in [2.75, 3.05) is 30.0 Å². The summed E-state index contributed by atoms with van der Waals surface area (Å²) in [5.74, 6) is 3.98. The first-order chi connectivity index (χ1) is 9.49. The van der Waals surface area contributed by atoms with Crippen molar-refractivity contribution in [3.63, 3.8) is 0 Å². The van der Waals surface area contributed by atoms with Crippen LogP contribution in [0.15, 0.2) is 6.07 Å². The summed E-state index contributed by atoms with van der Waals surface area (Å²) in [4.78, 5) is 9.22. The van der Waals surface area contributed by atoms with Crippen molar-refractivity contribution in [2.45, 2.75) is 50.7 Å². The lowest BCUT2D eigenvalue weighted by Crippen LogP contribution is -2.22. The second-order valence-electron chi connectivity index (χ2n) is 6.33. The Balaban J connectivity index is 2.06. The molecule has 1 aromatic heterocycles. The first kappa shape index (κ1) is 15.4. The lowest BCUT2D eigenvalue weighted by atomic mass is 9.96. The molecule has 0 saturated carbocycles. The Morgan fingerprint density at radius 1 is 1.25 bits per heavy atom. The standard InChI is InChI=1S/C15H26N4S/c1-15(2,3)14-18-12(16-4)9-13(19-14)17-10-11-7-5-6-8-20-11/h9,11H,5-8,10H2,1-4H3,(H2,16,17,18,19). The van der Waals surface area contributed by atoms with Crippen LogP contribution in [0, 0.1) is 0 Å². The monoisotopic (exact) mass is 294 g/mol. The van der Waals surface area contributed by atoms with Crippen molar-refractivity contribution in [1.82, 2.24) is 9.97 Å². The molecule has 4 nitrogen and oxygen atoms in total. The molecule has 1 fully saturated rings. The summed E-state index contributed by atoms with van der Waals surface area (Å²) in [6.45, 7) is 7.42. The van der Waals surface area contributed by atoms with Gasteiger partial charge >= 0.3 is 0 Å². The van der Waals surface area contributed by atoms with Crippen LogP contribution >= 0.6 is 11.8 Å². The van der Waals surface area contributed by atoms with Gasteiger partial charge in [0.1, 0.15) is 17.5 Å². The van der Waals surface area contributed by atoms with Gasteiger partial charge in [0.15, 0.2) is 0 Å². The van der Waals surface area contributed by atoms with Crippen LogP contribution in [-0.2, 0) is 5.41 Å². The van der Waals surface area contributed by atoms with Gasteiger partial charge in [0.2, 0.25) is 0 Å².